The second-order valence-corrected chi connectivity index (χ2v) is 5.33. The Morgan fingerprint density at radius 3 is 2.62 bits per heavy atom. The SMILES string of the molecule is C1CCC2CN3CCCC3CC2C1. The van der Waals surface area contributed by atoms with Crippen molar-refractivity contribution in [3.63, 3.8) is 0 Å². The van der Waals surface area contributed by atoms with E-state index in [1.165, 1.54) is 45.2 Å². The first-order chi connectivity index (χ1) is 6.43. The van der Waals surface area contributed by atoms with E-state index >= 15 is 0 Å². The van der Waals surface area contributed by atoms with Crippen LogP contribution in [0.15, 0.2) is 0 Å². The minimum absolute atomic E-state index is 0.999. The topological polar surface area (TPSA) is 3.24 Å². The van der Waals surface area contributed by atoms with Crippen LogP contribution in [0, 0.1) is 11.8 Å². The molecule has 2 heterocycles. The lowest BCUT2D eigenvalue weighted by molar-refractivity contribution is 0.0642. The molecule has 0 spiro atoms. The summed E-state index contributed by atoms with van der Waals surface area (Å²) in [7, 11) is 0. The van der Waals surface area contributed by atoms with E-state index in [1.54, 1.807) is 12.8 Å². The summed E-state index contributed by atoms with van der Waals surface area (Å²) in [4.78, 5) is 2.78. The quantitative estimate of drug-likeness (QED) is 0.552. The summed E-state index contributed by atoms with van der Waals surface area (Å²) in [6.07, 6.45) is 10.6. The van der Waals surface area contributed by atoms with Crippen molar-refractivity contribution in [2.24, 2.45) is 11.8 Å². The van der Waals surface area contributed by atoms with E-state index in [2.05, 4.69) is 4.90 Å². The van der Waals surface area contributed by atoms with Crippen LogP contribution in [0.5, 0.6) is 0 Å². The Hall–Kier alpha value is -0.0400. The predicted molar refractivity (Wildman–Crippen MR) is 54.7 cm³/mol. The highest BCUT2D eigenvalue weighted by molar-refractivity contribution is 4.91. The Kier molecular flexibility index (Phi) is 2.08. The van der Waals surface area contributed by atoms with Gasteiger partial charge in [0.05, 0.1) is 0 Å². The normalized spacial score (nSPS) is 45.7. The van der Waals surface area contributed by atoms with E-state index in [0.29, 0.717) is 0 Å². The van der Waals surface area contributed by atoms with Crippen LogP contribution in [-0.2, 0) is 0 Å². The molecule has 1 heteroatoms. The summed E-state index contributed by atoms with van der Waals surface area (Å²) in [5, 5.41) is 0. The first-order valence-electron chi connectivity index (χ1n) is 6.17. The van der Waals surface area contributed by atoms with Gasteiger partial charge in [-0.2, -0.15) is 0 Å². The molecule has 3 atom stereocenters. The van der Waals surface area contributed by atoms with Gasteiger partial charge in [0.15, 0.2) is 0 Å². The Bertz CT molecular complexity index is 170. The summed E-state index contributed by atoms with van der Waals surface area (Å²) in [5.74, 6) is 2.20. The van der Waals surface area contributed by atoms with E-state index in [-0.39, 0.29) is 0 Å². The molecule has 74 valence electrons. The monoisotopic (exact) mass is 179 g/mol. The molecule has 0 N–H and O–H groups in total. The van der Waals surface area contributed by atoms with Gasteiger partial charge in [-0.05, 0) is 44.1 Å². The van der Waals surface area contributed by atoms with Crippen LogP contribution in [0.3, 0.4) is 0 Å². The summed E-state index contributed by atoms with van der Waals surface area (Å²) in [5.41, 5.74) is 0. The molecule has 3 unspecified atom stereocenters. The average Bonchev–Trinajstić information content (AvgIpc) is 2.61. The van der Waals surface area contributed by atoms with Crippen LogP contribution >= 0.6 is 0 Å². The molecule has 1 aliphatic carbocycles. The molecule has 3 aliphatic rings. The maximum Gasteiger partial charge on any atom is 0.00985 e. The van der Waals surface area contributed by atoms with Crippen molar-refractivity contribution in [3.8, 4) is 0 Å². The zero-order valence-electron chi connectivity index (χ0n) is 8.54. The van der Waals surface area contributed by atoms with Crippen molar-refractivity contribution in [2.75, 3.05) is 13.1 Å². The van der Waals surface area contributed by atoms with E-state index < -0.39 is 0 Å². The minimum atomic E-state index is 0.999. The van der Waals surface area contributed by atoms with Crippen LogP contribution in [0.2, 0.25) is 0 Å². The smallest absolute Gasteiger partial charge is 0.00985 e. The van der Waals surface area contributed by atoms with Crippen LogP contribution in [-0.4, -0.2) is 24.0 Å². The van der Waals surface area contributed by atoms with Gasteiger partial charge in [0.1, 0.15) is 0 Å². The van der Waals surface area contributed by atoms with E-state index in [0.717, 1.165) is 17.9 Å². The molecule has 13 heavy (non-hydrogen) atoms. The largest absolute Gasteiger partial charge is 0.300 e. The van der Waals surface area contributed by atoms with Crippen molar-refractivity contribution in [1.29, 1.82) is 0 Å². The fourth-order valence-electron chi connectivity index (χ4n) is 3.89. The second-order valence-electron chi connectivity index (χ2n) is 5.33. The van der Waals surface area contributed by atoms with Crippen molar-refractivity contribution in [1.82, 2.24) is 4.90 Å². The lowest BCUT2D eigenvalue weighted by Crippen LogP contribution is -2.44. The van der Waals surface area contributed by atoms with Gasteiger partial charge in [0, 0.05) is 12.6 Å². The van der Waals surface area contributed by atoms with E-state index in [1.807, 2.05) is 0 Å². The van der Waals surface area contributed by atoms with Crippen molar-refractivity contribution in [3.05, 3.63) is 0 Å². The van der Waals surface area contributed by atoms with Gasteiger partial charge >= 0.3 is 0 Å². The highest BCUT2D eigenvalue weighted by Crippen LogP contribution is 2.41. The van der Waals surface area contributed by atoms with Gasteiger partial charge in [0.25, 0.3) is 0 Å². The van der Waals surface area contributed by atoms with Gasteiger partial charge in [-0.15, -0.1) is 0 Å². The Morgan fingerprint density at radius 2 is 1.69 bits per heavy atom. The summed E-state index contributed by atoms with van der Waals surface area (Å²) in [6.45, 7) is 2.86. The Labute approximate surface area is 81.5 Å². The third-order valence-electron chi connectivity index (χ3n) is 4.61. The molecule has 0 aromatic rings. The maximum absolute atomic E-state index is 2.78. The average molecular weight is 179 g/mol. The number of rotatable bonds is 0. The van der Waals surface area contributed by atoms with Crippen molar-refractivity contribution in [2.45, 2.75) is 51.0 Å². The molecule has 3 rings (SSSR count). The number of fused-ring (bicyclic) bond motifs is 2. The molecule has 3 fully saturated rings. The fraction of sp³-hybridized carbons (Fsp3) is 1.00. The first-order valence-corrected chi connectivity index (χ1v) is 6.17. The highest BCUT2D eigenvalue weighted by Gasteiger charge is 2.38. The van der Waals surface area contributed by atoms with Crippen LogP contribution in [0.1, 0.15) is 44.9 Å². The van der Waals surface area contributed by atoms with Crippen molar-refractivity contribution < 1.29 is 0 Å². The Morgan fingerprint density at radius 1 is 0.846 bits per heavy atom. The minimum Gasteiger partial charge on any atom is -0.300 e. The molecule has 1 nitrogen and oxygen atoms in total. The Balaban J connectivity index is 1.71. The molecule has 2 aliphatic heterocycles. The standard InChI is InChI=1S/C12H21N/c1-2-5-11-9-13-7-3-6-12(13)8-10(11)4-1/h10-12H,1-9H2. The molecule has 0 radical (unpaired) electrons. The fourth-order valence-corrected chi connectivity index (χ4v) is 3.89. The summed E-state index contributed by atoms with van der Waals surface area (Å²) in [6, 6.07) is 0.999. The number of hydrogen-bond acceptors (Lipinski definition) is 1. The van der Waals surface area contributed by atoms with E-state index in [9.17, 15) is 0 Å². The van der Waals surface area contributed by atoms with Crippen molar-refractivity contribution >= 4 is 0 Å². The highest BCUT2D eigenvalue weighted by atomic mass is 15.2. The predicted octanol–water partition coefficient (Wildman–Crippen LogP) is 2.66. The first kappa shape index (κ1) is 8.28. The summed E-state index contributed by atoms with van der Waals surface area (Å²) < 4.78 is 0. The van der Waals surface area contributed by atoms with Gasteiger partial charge in [-0.25, -0.2) is 0 Å². The third-order valence-corrected chi connectivity index (χ3v) is 4.61. The second kappa shape index (κ2) is 3.27. The maximum atomic E-state index is 2.78. The molecule has 0 amide bonds. The zero-order chi connectivity index (χ0) is 8.67. The molecule has 0 bridgehead atoms. The zero-order valence-corrected chi connectivity index (χ0v) is 8.54. The number of nitrogens with zero attached hydrogens (tertiary/aromatic N) is 1. The van der Waals surface area contributed by atoms with Crippen LogP contribution in [0.4, 0.5) is 0 Å². The third kappa shape index (κ3) is 1.41. The lowest BCUT2D eigenvalue weighted by Gasteiger charge is -2.43. The van der Waals surface area contributed by atoms with E-state index in [4.69, 9.17) is 0 Å². The molecule has 2 saturated heterocycles. The molecule has 0 aromatic heterocycles. The van der Waals surface area contributed by atoms with Gasteiger partial charge in [-0.3, -0.25) is 0 Å². The molecular formula is C12H21N. The molecule has 0 aromatic carbocycles. The van der Waals surface area contributed by atoms with Gasteiger partial charge in [0.2, 0.25) is 0 Å². The molecular weight excluding hydrogens is 158 g/mol. The number of hydrogen-bond donors (Lipinski definition) is 0. The summed E-state index contributed by atoms with van der Waals surface area (Å²) >= 11 is 0. The van der Waals surface area contributed by atoms with Crippen LogP contribution in [0.25, 0.3) is 0 Å². The lowest BCUT2D eigenvalue weighted by atomic mass is 9.73. The van der Waals surface area contributed by atoms with Gasteiger partial charge < -0.3 is 4.90 Å². The number of piperidine rings is 1. The van der Waals surface area contributed by atoms with Crippen LogP contribution < -0.4 is 0 Å². The molecule has 1 saturated carbocycles. The van der Waals surface area contributed by atoms with Gasteiger partial charge in [-0.1, -0.05) is 19.3 Å².